The predicted molar refractivity (Wildman–Crippen MR) is 87.5 cm³/mol. The largest absolute Gasteiger partial charge is 0.384 e. The second-order valence-corrected chi connectivity index (χ2v) is 5.80. The lowest BCUT2D eigenvalue weighted by molar-refractivity contribution is 0.870. The molecule has 0 fully saturated rings. The minimum Gasteiger partial charge on any atom is -0.384 e. The molecule has 2 N–H and O–H groups in total. The number of nitrogen functional groups attached to an aromatic ring is 1. The van der Waals surface area contributed by atoms with E-state index in [9.17, 15) is 0 Å². The van der Waals surface area contributed by atoms with Crippen molar-refractivity contribution in [3.05, 3.63) is 41.2 Å². The Morgan fingerprint density at radius 3 is 2.81 bits per heavy atom. The molecule has 3 rings (SSSR count). The highest BCUT2D eigenvalue weighted by molar-refractivity contribution is 7.16. The zero-order valence-corrected chi connectivity index (χ0v) is 12.9. The van der Waals surface area contributed by atoms with Gasteiger partial charge in [-0.15, -0.1) is 11.3 Å². The molecule has 0 bridgehead atoms. The molecule has 0 saturated heterocycles. The lowest BCUT2D eigenvalue weighted by Gasteiger charge is -2.19. The van der Waals surface area contributed by atoms with E-state index in [1.54, 1.807) is 17.5 Å². The third-order valence-electron chi connectivity index (χ3n) is 3.30. The van der Waals surface area contributed by atoms with E-state index >= 15 is 0 Å². The molecule has 6 heteroatoms. The molecule has 0 amide bonds. The first-order chi connectivity index (χ1) is 10.2. The fraction of sp³-hybridized carbons (Fsp3) is 0.267. The molecule has 3 aromatic rings. The molecule has 0 atom stereocenters. The van der Waals surface area contributed by atoms with Crippen LogP contribution in [0.4, 0.5) is 11.6 Å². The Bertz CT molecular complexity index is 750. The van der Waals surface area contributed by atoms with Crippen LogP contribution in [0.15, 0.2) is 29.8 Å². The number of pyridine rings is 1. The Labute approximate surface area is 127 Å². The number of anilines is 2. The van der Waals surface area contributed by atoms with Crippen molar-refractivity contribution in [1.82, 2.24) is 15.0 Å². The molecule has 21 heavy (non-hydrogen) atoms. The first-order valence-electron chi connectivity index (χ1n) is 6.83. The standard InChI is InChI=1S/C15H17N5S/c1-3-13-18-14(11-6-7-21-15(11)19-13)20(2)9-10-4-5-12(16)17-8-10/h4-8H,3,9H2,1-2H3,(H2,16,17). The summed E-state index contributed by atoms with van der Waals surface area (Å²) in [5.41, 5.74) is 6.73. The lowest BCUT2D eigenvalue weighted by atomic mass is 10.2. The molecular formula is C15H17N5S. The van der Waals surface area contributed by atoms with Crippen molar-refractivity contribution in [2.75, 3.05) is 17.7 Å². The zero-order chi connectivity index (χ0) is 14.8. The summed E-state index contributed by atoms with van der Waals surface area (Å²) in [4.78, 5) is 16.6. The molecule has 0 aromatic carbocycles. The summed E-state index contributed by atoms with van der Waals surface area (Å²) in [6, 6.07) is 5.89. The molecular weight excluding hydrogens is 282 g/mol. The highest BCUT2D eigenvalue weighted by atomic mass is 32.1. The van der Waals surface area contributed by atoms with Crippen molar-refractivity contribution in [1.29, 1.82) is 0 Å². The zero-order valence-electron chi connectivity index (χ0n) is 12.1. The summed E-state index contributed by atoms with van der Waals surface area (Å²) >= 11 is 1.65. The van der Waals surface area contributed by atoms with Crippen molar-refractivity contribution in [2.24, 2.45) is 0 Å². The quantitative estimate of drug-likeness (QED) is 0.802. The Morgan fingerprint density at radius 1 is 1.24 bits per heavy atom. The first-order valence-corrected chi connectivity index (χ1v) is 7.71. The van der Waals surface area contributed by atoms with Gasteiger partial charge >= 0.3 is 0 Å². The van der Waals surface area contributed by atoms with Gasteiger partial charge in [0.05, 0.1) is 5.39 Å². The molecule has 3 aromatic heterocycles. The highest BCUT2D eigenvalue weighted by Gasteiger charge is 2.12. The summed E-state index contributed by atoms with van der Waals surface area (Å²) in [6.07, 6.45) is 2.64. The van der Waals surface area contributed by atoms with Gasteiger partial charge in [0.1, 0.15) is 22.3 Å². The van der Waals surface area contributed by atoms with Crippen LogP contribution < -0.4 is 10.6 Å². The second-order valence-electron chi connectivity index (χ2n) is 4.90. The summed E-state index contributed by atoms with van der Waals surface area (Å²) in [5.74, 6) is 2.38. The summed E-state index contributed by atoms with van der Waals surface area (Å²) in [7, 11) is 2.04. The number of nitrogens with two attached hydrogens (primary N) is 1. The lowest BCUT2D eigenvalue weighted by Crippen LogP contribution is -2.19. The number of aryl methyl sites for hydroxylation is 1. The van der Waals surface area contributed by atoms with Crippen LogP contribution in [0.2, 0.25) is 0 Å². The SMILES string of the molecule is CCc1nc(N(C)Cc2ccc(N)nc2)c2ccsc2n1. The average Bonchev–Trinajstić information content (AvgIpc) is 2.96. The molecule has 3 heterocycles. The minimum atomic E-state index is 0.539. The van der Waals surface area contributed by atoms with Crippen LogP contribution in [0.25, 0.3) is 10.2 Å². The monoisotopic (exact) mass is 299 g/mol. The van der Waals surface area contributed by atoms with Gasteiger partial charge in [-0.2, -0.15) is 0 Å². The molecule has 5 nitrogen and oxygen atoms in total. The van der Waals surface area contributed by atoms with Crippen molar-refractivity contribution < 1.29 is 0 Å². The average molecular weight is 299 g/mol. The normalized spacial score (nSPS) is 11.0. The van der Waals surface area contributed by atoms with Gasteiger partial charge in [-0.25, -0.2) is 15.0 Å². The molecule has 0 aliphatic rings. The molecule has 0 unspecified atom stereocenters. The van der Waals surface area contributed by atoms with E-state index < -0.39 is 0 Å². The van der Waals surface area contributed by atoms with Gasteiger partial charge in [-0.3, -0.25) is 0 Å². The summed E-state index contributed by atoms with van der Waals surface area (Å²) in [6.45, 7) is 2.81. The third-order valence-corrected chi connectivity index (χ3v) is 4.10. The van der Waals surface area contributed by atoms with E-state index in [0.29, 0.717) is 5.82 Å². The fourth-order valence-corrected chi connectivity index (χ4v) is 2.99. The summed E-state index contributed by atoms with van der Waals surface area (Å²) < 4.78 is 0. The molecule has 108 valence electrons. The maximum absolute atomic E-state index is 5.62. The van der Waals surface area contributed by atoms with Gasteiger partial charge in [0, 0.05) is 26.2 Å². The van der Waals surface area contributed by atoms with Crippen molar-refractivity contribution >= 4 is 33.2 Å². The smallest absolute Gasteiger partial charge is 0.141 e. The minimum absolute atomic E-state index is 0.539. The van der Waals surface area contributed by atoms with E-state index in [2.05, 4.69) is 38.2 Å². The summed E-state index contributed by atoms with van der Waals surface area (Å²) in [5, 5.41) is 3.16. The van der Waals surface area contributed by atoms with Crippen LogP contribution in [0.5, 0.6) is 0 Å². The maximum Gasteiger partial charge on any atom is 0.141 e. The van der Waals surface area contributed by atoms with Crippen LogP contribution in [0.1, 0.15) is 18.3 Å². The van der Waals surface area contributed by atoms with Crippen LogP contribution in [0.3, 0.4) is 0 Å². The van der Waals surface area contributed by atoms with Crippen molar-refractivity contribution in [3.8, 4) is 0 Å². The van der Waals surface area contributed by atoms with Crippen molar-refractivity contribution in [2.45, 2.75) is 19.9 Å². The third kappa shape index (κ3) is 2.80. The Kier molecular flexibility index (Phi) is 3.70. The molecule has 0 radical (unpaired) electrons. The first kappa shape index (κ1) is 13.8. The topological polar surface area (TPSA) is 67.9 Å². The fourth-order valence-electron chi connectivity index (χ4n) is 2.21. The number of aromatic nitrogens is 3. The van der Waals surface area contributed by atoms with E-state index in [1.807, 2.05) is 19.2 Å². The number of rotatable bonds is 4. The molecule has 0 spiro atoms. The number of fused-ring (bicyclic) bond motifs is 1. The van der Waals surface area contributed by atoms with E-state index in [4.69, 9.17) is 5.73 Å². The number of hydrogen-bond acceptors (Lipinski definition) is 6. The Morgan fingerprint density at radius 2 is 2.10 bits per heavy atom. The number of thiophene rings is 1. The van der Waals surface area contributed by atoms with Gasteiger partial charge in [0.25, 0.3) is 0 Å². The van der Waals surface area contributed by atoms with Crippen LogP contribution >= 0.6 is 11.3 Å². The van der Waals surface area contributed by atoms with Crippen LogP contribution in [0, 0.1) is 0 Å². The predicted octanol–water partition coefficient (Wildman–Crippen LogP) is 2.87. The van der Waals surface area contributed by atoms with Gasteiger partial charge < -0.3 is 10.6 Å². The maximum atomic E-state index is 5.62. The second kappa shape index (κ2) is 5.65. The Hall–Kier alpha value is -2.21. The van der Waals surface area contributed by atoms with E-state index in [1.165, 1.54) is 0 Å². The Balaban J connectivity index is 1.94. The van der Waals surface area contributed by atoms with Crippen LogP contribution in [-0.4, -0.2) is 22.0 Å². The number of hydrogen-bond donors (Lipinski definition) is 1. The molecule has 0 aliphatic carbocycles. The van der Waals surface area contributed by atoms with Crippen molar-refractivity contribution in [3.63, 3.8) is 0 Å². The van der Waals surface area contributed by atoms with E-state index in [-0.39, 0.29) is 0 Å². The highest BCUT2D eigenvalue weighted by Crippen LogP contribution is 2.28. The molecule has 0 aliphatic heterocycles. The van der Waals surface area contributed by atoms with Gasteiger partial charge in [0.15, 0.2) is 0 Å². The number of nitrogens with zero attached hydrogens (tertiary/aromatic N) is 4. The van der Waals surface area contributed by atoms with E-state index in [0.717, 1.165) is 40.4 Å². The van der Waals surface area contributed by atoms with Gasteiger partial charge in [0.2, 0.25) is 0 Å². The van der Waals surface area contributed by atoms with Gasteiger partial charge in [-0.1, -0.05) is 13.0 Å². The molecule has 0 saturated carbocycles. The van der Waals surface area contributed by atoms with Gasteiger partial charge in [-0.05, 0) is 23.1 Å². The van der Waals surface area contributed by atoms with Crippen LogP contribution in [-0.2, 0) is 13.0 Å².